The van der Waals surface area contributed by atoms with Gasteiger partial charge in [-0.05, 0) is 25.0 Å². The van der Waals surface area contributed by atoms with E-state index in [2.05, 4.69) is 42.7 Å². The summed E-state index contributed by atoms with van der Waals surface area (Å²) in [5, 5.41) is 6.95. The fourth-order valence-electron chi connectivity index (χ4n) is 2.09. The zero-order valence-corrected chi connectivity index (χ0v) is 10.2. The highest BCUT2D eigenvalue weighted by Crippen LogP contribution is 2.19. The second-order valence-corrected chi connectivity index (χ2v) is 4.07. The summed E-state index contributed by atoms with van der Waals surface area (Å²) in [6.07, 6.45) is 0. The Morgan fingerprint density at radius 2 is 2.00 bits per heavy atom. The fraction of sp³-hybridized carbons (Fsp3) is 0.500. The standard InChI is InChI=1S/C12H18N2.ClH/c1-9-3-4-11(10(2)7-9)12-8-13-5-6-14-12;/h3-4,7,12-14H,5-6,8H2,1-2H3;1H/t12-;/m1./s1. The zero-order chi connectivity index (χ0) is 9.97. The average molecular weight is 227 g/mol. The zero-order valence-electron chi connectivity index (χ0n) is 9.34. The van der Waals surface area contributed by atoms with E-state index in [1.54, 1.807) is 0 Å². The summed E-state index contributed by atoms with van der Waals surface area (Å²) in [6.45, 7) is 7.53. The van der Waals surface area contributed by atoms with Crippen LogP contribution in [0.15, 0.2) is 18.2 Å². The lowest BCUT2D eigenvalue weighted by atomic mass is 9.98. The predicted molar refractivity (Wildman–Crippen MR) is 66.8 cm³/mol. The number of piperazine rings is 1. The molecule has 1 aliphatic rings. The van der Waals surface area contributed by atoms with Gasteiger partial charge in [0, 0.05) is 25.7 Å². The van der Waals surface area contributed by atoms with Crippen molar-refractivity contribution in [1.82, 2.24) is 10.6 Å². The second kappa shape index (κ2) is 5.50. The highest BCUT2D eigenvalue weighted by molar-refractivity contribution is 5.85. The number of hydrogen-bond donors (Lipinski definition) is 2. The minimum Gasteiger partial charge on any atom is -0.314 e. The molecule has 1 aromatic carbocycles. The van der Waals surface area contributed by atoms with Gasteiger partial charge >= 0.3 is 0 Å². The van der Waals surface area contributed by atoms with Crippen molar-refractivity contribution in [2.24, 2.45) is 0 Å². The molecule has 0 amide bonds. The van der Waals surface area contributed by atoms with E-state index in [4.69, 9.17) is 0 Å². The van der Waals surface area contributed by atoms with Gasteiger partial charge in [0.15, 0.2) is 0 Å². The lowest BCUT2D eigenvalue weighted by Crippen LogP contribution is -2.42. The molecule has 0 saturated carbocycles. The van der Waals surface area contributed by atoms with Gasteiger partial charge < -0.3 is 10.6 Å². The van der Waals surface area contributed by atoms with E-state index in [-0.39, 0.29) is 12.4 Å². The molecular formula is C12H19ClN2. The van der Waals surface area contributed by atoms with E-state index in [1.165, 1.54) is 16.7 Å². The molecule has 2 N–H and O–H groups in total. The maximum absolute atomic E-state index is 3.53. The van der Waals surface area contributed by atoms with Gasteiger partial charge in [-0.15, -0.1) is 12.4 Å². The lowest BCUT2D eigenvalue weighted by Gasteiger charge is -2.26. The molecule has 0 radical (unpaired) electrons. The van der Waals surface area contributed by atoms with Crippen molar-refractivity contribution in [3.63, 3.8) is 0 Å². The van der Waals surface area contributed by atoms with E-state index in [0.29, 0.717) is 6.04 Å². The van der Waals surface area contributed by atoms with Gasteiger partial charge in [-0.25, -0.2) is 0 Å². The number of benzene rings is 1. The number of rotatable bonds is 1. The van der Waals surface area contributed by atoms with Gasteiger partial charge in [0.25, 0.3) is 0 Å². The molecule has 1 heterocycles. The van der Waals surface area contributed by atoms with Crippen molar-refractivity contribution in [2.75, 3.05) is 19.6 Å². The Bertz CT molecular complexity index is 319. The predicted octanol–water partition coefficient (Wildman–Crippen LogP) is 1.96. The average Bonchev–Trinajstić information content (AvgIpc) is 2.19. The van der Waals surface area contributed by atoms with Gasteiger partial charge in [0.05, 0.1) is 0 Å². The Labute approximate surface area is 97.9 Å². The molecule has 2 rings (SSSR count). The molecule has 0 spiro atoms. The third kappa shape index (κ3) is 2.94. The Hall–Kier alpha value is -0.570. The van der Waals surface area contributed by atoms with E-state index >= 15 is 0 Å². The minimum absolute atomic E-state index is 0. The number of halogens is 1. The van der Waals surface area contributed by atoms with Crippen LogP contribution in [0.1, 0.15) is 22.7 Å². The Morgan fingerprint density at radius 3 is 2.60 bits per heavy atom. The molecule has 1 aromatic rings. The number of aryl methyl sites for hydroxylation is 2. The van der Waals surface area contributed by atoms with E-state index in [0.717, 1.165) is 19.6 Å². The molecule has 15 heavy (non-hydrogen) atoms. The highest BCUT2D eigenvalue weighted by atomic mass is 35.5. The van der Waals surface area contributed by atoms with Crippen molar-refractivity contribution in [1.29, 1.82) is 0 Å². The van der Waals surface area contributed by atoms with Crippen LogP contribution in [-0.2, 0) is 0 Å². The van der Waals surface area contributed by atoms with Crippen molar-refractivity contribution in [2.45, 2.75) is 19.9 Å². The van der Waals surface area contributed by atoms with E-state index < -0.39 is 0 Å². The lowest BCUT2D eigenvalue weighted by molar-refractivity contribution is 0.429. The van der Waals surface area contributed by atoms with Gasteiger partial charge in [-0.2, -0.15) is 0 Å². The van der Waals surface area contributed by atoms with Gasteiger partial charge in [-0.3, -0.25) is 0 Å². The third-order valence-electron chi connectivity index (χ3n) is 2.84. The topological polar surface area (TPSA) is 24.1 Å². The van der Waals surface area contributed by atoms with Crippen molar-refractivity contribution in [3.05, 3.63) is 34.9 Å². The van der Waals surface area contributed by atoms with Crippen molar-refractivity contribution < 1.29 is 0 Å². The van der Waals surface area contributed by atoms with Crippen LogP contribution < -0.4 is 10.6 Å². The first-order valence-corrected chi connectivity index (χ1v) is 5.28. The maximum Gasteiger partial charge on any atom is 0.0449 e. The van der Waals surface area contributed by atoms with E-state index in [1.807, 2.05) is 0 Å². The SMILES string of the molecule is Cc1ccc([C@H]2CNCCN2)c(C)c1.Cl. The molecule has 1 fully saturated rings. The van der Waals surface area contributed by atoms with Crippen molar-refractivity contribution in [3.8, 4) is 0 Å². The van der Waals surface area contributed by atoms with Crippen LogP contribution >= 0.6 is 12.4 Å². The largest absolute Gasteiger partial charge is 0.314 e. The normalized spacial score (nSPS) is 20.8. The van der Waals surface area contributed by atoms with Crippen LogP contribution in [-0.4, -0.2) is 19.6 Å². The number of hydrogen-bond acceptors (Lipinski definition) is 2. The van der Waals surface area contributed by atoms with Crippen LogP contribution in [0.2, 0.25) is 0 Å². The second-order valence-electron chi connectivity index (χ2n) is 4.07. The maximum atomic E-state index is 3.53. The first kappa shape index (κ1) is 12.5. The van der Waals surface area contributed by atoms with Crippen LogP contribution in [0, 0.1) is 13.8 Å². The molecule has 0 bridgehead atoms. The molecule has 0 aliphatic carbocycles. The van der Waals surface area contributed by atoms with Crippen LogP contribution in [0.4, 0.5) is 0 Å². The first-order valence-electron chi connectivity index (χ1n) is 5.28. The molecule has 0 unspecified atom stereocenters. The molecule has 1 aliphatic heterocycles. The monoisotopic (exact) mass is 226 g/mol. The molecule has 0 aromatic heterocycles. The summed E-state index contributed by atoms with van der Waals surface area (Å²) >= 11 is 0. The minimum atomic E-state index is 0. The quantitative estimate of drug-likeness (QED) is 0.765. The molecule has 2 nitrogen and oxygen atoms in total. The fourth-order valence-corrected chi connectivity index (χ4v) is 2.09. The summed E-state index contributed by atoms with van der Waals surface area (Å²) < 4.78 is 0. The highest BCUT2D eigenvalue weighted by Gasteiger charge is 2.15. The van der Waals surface area contributed by atoms with Crippen molar-refractivity contribution >= 4 is 12.4 Å². The van der Waals surface area contributed by atoms with Crippen LogP contribution in [0.5, 0.6) is 0 Å². The van der Waals surface area contributed by atoms with E-state index in [9.17, 15) is 0 Å². The summed E-state index contributed by atoms with van der Waals surface area (Å²) in [5.74, 6) is 0. The number of nitrogens with one attached hydrogen (secondary N) is 2. The Kier molecular flexibility index (Phi) is 4.58. The summed E-state index contributed by atoms with van der Waals surface area (Å²) in [4.78, 5) is 0. The smallest absolute Gasteiger partial charge is 0.0449 e. The summed E-state index contributed by atoms with van der Waals surface area (Å²) in [7, 11) is 0. The van der Waals surface area contributed by atoms with Gasteiger partial charge in [0.2, 0.25) is 0 Å². The van der Waals surface area contributed by atoms with Crippen LogP contribution in [0.3, 0.4) is 0 Å². The third-order valence-corrected chi connectivity index (χ3v) is 2.84. The Morgan fingerprint density at radius 1 is 1.20 bits per heavy atom. The molecular weight excluding hydrogens is 208 g/mol. The molecule has 1 atom stereocenters. The molecule has 3 heteroatoms. The van der Waals surface area contributed by atoms with Gasteiger partial charge in [-0.1, -0.05) is 23.8 Å². The Balaban J connectivity index is 0.00000112. The summed E-state index contributed by atoms with van der Waals surface area (Å²) in [6, 6.07) is 7.18. The molecule has 84 valence electrons. The summed E-state index contributed by atoms with van der Waals surface area (Å²) in [5.41, 5.74) is 4.17. The van der Waals surface area contributed by atoms with Crippen LogP contribution in [0.25, 0.3) is 0 Å². The molecule has 1 saturated heterocycles. The van der Waals surface area contributed by atoms with Gasteiger partial charge in [0.1, 0.15) is 0 Å². The first-order chi connectivity index (χ1) is 6.77.